The molecule has 1 rings (SSSR count). The molecular formula is C15H28N2O2. The van der Waals surface area contributed by atoms with Crippen molar-refractivity contribution in [1.29, 1.82) is 0 Å². The summed E-state index contributed by atoms with van der Waals surface area (Å²) in [6.07, 6.45) is 6.44. The van der Waals surface area contributed by atoms with E-state index in [4.69, 9.17) is 0 Å². The molecule has 1 aliphatic heterocycles. The Morgan fingerprint density at radius 1 is 1.26 bits per heavy atom. The van der Waals surface area contributed by atoms with Crippen molar-refractivity contribution in [2.75, 3.05) is 19.6 Å². The molecule has 0 aromatic heterocycles. The van der Waals surface area contributed by atoms with E-state index in [0.717, 1.165) is 38.6 Å². The number of unbranched alkanes of at least 4 members (excludes halogenated alkanes) is 1. The molecule has 110 valence electrons. The van der Waals surface area contributed by atoms with Crippen molar-refractivity contribution in [2.45, 2.75) is 65.3 Å². The average molecular weight is 268 g/mol. The number of carbonyl (C=O) groups excluding carboxylic acids is 2. The molecular weight excluding hydrogens is 240 g/mol. The number of nitrogens with zero attached hydrogens (tertiary/aromatic N) is 2. The summed E-state index contributed by atoms with van der Waals surface area (Å²) < 4.78 is 0. The van der Waals surface area contributed by atoms with Gasteiger partial charge in [0.25, 0.3) is 0 Å². The molecule has 1 fully saturated rings. The monoisotopic (exact) mass is 268 g/mol. The van der Waals surface area contributed by atoms with Crippen LogP contribution in [0.1, 0.15) is 59.3 Å². The molecule has 19 heavy (non-hydrogen) atoms. The fraction of sp³-hybridized carbons (Fsp3) is 0.867. The van der Waals surface area contributed by atoms with E-state index < -0.39 is 0 Å². The van der Waals surface area contributed by atoms with Crippen LogP contribution in [-0.4, -0.2) is 47.3 Å². The van der Waals surface area contributed by atoms with E-state index in [-0.39, 0.29) is 18.4 Å². The van der Waals surface area contributed by atoms with Crippen molar-refractivity contribution in [3.05, 3.63) is 0 Å². The van der Waals surface area contributed by atoms with Crippen molar-refractivity contribution in [1.82, 2.24) is 9.80 Å². The van der Waals surface area contributed by atoms with Gasteiger partial charge < -0.3 is 9.80 Å². The van der Waals surface area contributed by atoms with Gasteiger partial charge in [-0.05, 0) is 32.1 Å². The van der Waals surface area contributed by atoms with Gasteiger partial charge in [-0.1, -0.05) is 20.3 Å². The van der Waals surface area contributed by atoms with E-state index in [1.54, 1.807) is 11.8 Å². The van der Waals surface area contributed by atoms with Crippen LogP contribution in [0.25, 0.3) is 0 Å². The first-order chi connectivity index (χ1) is 9.10. The smallest absolute Gasteiger partial charge is 0.242 e. The van der Waals surface area contributed by atoms with Crippen molar-refractivity contribution in [2.24, 2.45) is 0 Å². The zero-order valence-corrected chi connectivity index (χ0v) is 12.7. The number of hydrogen-bond donors (Lipinski definition) is 0. The first-order valence-electron chi connectivity index (χ1n) is 7.65. The van der Waals surface area contributed by atoms with Gasteiger partial charge in [-0.3, -0.25) is 9.59 Å². The molecule has 0 aliphatic carbocycles. The van der Waals surface area contributed by atoms with Gasteiger partial charge in [-0.15, -0.1) is 0 Å². The van der Waals surface area contributed by atoms with Crippen molar-refractivity contribution in [3.63, 3.8) is 0 Å². The van der Waals surface area contributed by atoms with Crippen LogP contribution in [0.15, 0.2) is 0 Å². The predicted molar refractivity (Wildman–Crippen MR) is 76.8 cm³/mol. The summed E-state index contributed by atoms with van der Waals surface area (Å²) in [7, 11) is 0. The van der Waals surface area contributed by atoms with Crippen molar-refractivity contribution >= 4 is 11.8 Å². The normalized spacial score (nSPS) is 19.3. The van der Waals surface area contributed by atoms with Gasteiger partial charge in [0.05, 0.1) is 6.54 Å². The van der Waals surface area contributed by atoms with Crippen LogP contribution in [0.4, 0.5) is 0 Å². The highest BCUT2D eigenvalue weighted by Crippen LogP contribution is 2.19. The second-order valence-electron chi connectivity index (χ2n) is 5.44. The molecule has 0 aromatic carbocycles. The van der Waals surface area contributed by atoms with E-state index in [1.165, 1.54) is 6.42 Å². The summed E-state index contributed by atoms with van der Waals surface area (Å²) in [5.41, 5.74) is 0. The summed E-state index contributed by atoms with van der Waals surface area (Å²) in [5.74, 6) is 0.129. The van der Waals surface area contributed by atoms with Crippen LogP contribution in [0.2, 0.25) is 0 Å². The SMILES string of the molecule is CCCCN(CC(=O)N1CCCCC1CC)C(C)=O. The number of hydrogen-bond acceptors (Lipinski definition) is 2. The minimum Gasteiger partial charge on any atom is -0.338 e. The van der Waals surface area contributed by atoms with Crippen molar-refractivity contribution in [3.8, 4) is 0 Å². The maximum atomic E-state index is 12.4. The number of amides is 2. The zero-order chi connectivity index (χ0) is 14.3. The molecule has 0 aromatic rings. The Bertz CT molecular complexity index is 305. The number of piperidine rings is 1. The molecule has 1 heterocycles. The molecule has 0 N–H and O–H groups in total. The molecule has 1 atom stereocenters. The second kappa shape index (κ2) is 8.18. The lowest BCUT2D eigenvalue weighted by molar-refractivity contribution is -0.142. The van der Waals surface area contributed by atoms with Gasteiger partial charge in [0, 0.05) is 26.1 Å². The molecule has 2 amide bonds. The van der Waals surface area contributed by atoms with Gasteiger partial charge in [0.1, 0.15) is 0 Å². The maximum Gasteiger partial charge on any atom is 0.242 e. The van der Waals surface area contributed by atoms with Crippen LogP contribution in [0.3, 0.4) is 0 Å². The standard InChI is InChI=1S/C15H28N2O2/c1-4-6-10-16(13(3)18)12-15(19)17-11-8-7-9-14(17)5-2/h14H,4-12H2,1-3H3. The van der Waals surface area contributed by atoms with E-state index in [0.29, 0.717) is 12.6 Å². The maximum absolute atomic E-state index is 12.4. The third-order valence-corrected chi connectivity index (χ3v) is 3.97. The summed E-state index contributed by atoms with van der Waals surface area (Å²) in [6.45, 7) is 7.59. The lowest BCUT2D eigenvalue weighted by Crippen LogP contribution is -2.48. The highest BCUT2D eigenvalue weighted by molar-refractivity contribution is 5.84. The molecule has 1 aliphatic rings. The van der Waals surface area contributed by atoms with Gasteiger partial charge in [-0.2, -0.15) is 0 Å². The molecule has 4 nitrogen and oxygen atoms in total. The molecule has 1 saturated heterocycles. The zero-order valence-electron chi connectivity index (χ0n) is 12.7. The quantitative estimate of drug-likeness (QED) is 0.742. The first-order valence-corrected chi connectivity index (χ1v) is 7.65. The third kappa shape index (κ3) is 4.84. The number of rotatable bonds is 6. The summed E-state index contributed by atoms with van der Waals surface area (Å²) in [5, 5.41) is 0. The lowest BCUT2D eigenvalue weighted by Gasteiger charge is -2.36. The van der Waals surface area contributed by atoms with Crippen molar-refractivity contribution < 1.29 is 9.59 Å². The predicted octanol–water partition coefficient (Wildman–Crippen LogP) is 2.43. The Kier molecular flexibility index (Phi) is 6.89. The largest absolute Gasteiger partial charge is 0.338 e. The Morgan fingerprint density at radius 2 is 2.00 bits per heavy atom. The minimum atomic E-state index is 0.00635. The topological polar surface area (TPSA) is 40.6 Å². The average Bonchev–Trinajstić information content (AvgIpc) is 2.42. The molecule has 0 bridgehead atoms. The summed E-state index contributed by atoms with van der Waals surface area (Å²) >= 11 is 0. The van der Waals surface area contributed by atoms with Crippen LogP contribution in [0.5, 0.6) is 0 Å². The lowest BCUT2D eigenvalue weighted by atomic mass is 10.00. The third-order valence-electron chi connectivity index (χ3n) is 3.97. The van der Waals surface area contributed by atoms with Gasteiger partial charge in [0.2, 0.25) is 11.8 Å². The summed E-state index contributed by atoms with van der Waals surface area (Å²) in [4.78, 5) is 27.6. The van der Waals surface area contributed by atoms with Gasteiger partial charge in [0.15, 0.2) is 0 Å². The summed E-state index contributed by atoms with van der Waals surface area (Å²) in [6, 6.07) is 0.376. The van der Waals surface area contributed by atoms with Crippen LogP contribution >= 0.6 is 0 Å². The minimum absolute atomic E-state index is 0.00635. The van der Waals surface area contributed by atoms with E-state index >= 15 is 0 Å². The van der Waals surface area contributed by atoms with Crippen LogP contribution in [-0.2, 0) is 9.59 Å². The Labute approximate surface area is 117 Å². The van der Waals surface area contributed by atoms with Gasteiger partial charge >= 0.3 is 0 Å². The van der Waals surface area contributed by atoms with E-state index in [1.807, 2.05) is 4.90 Å². The van der Waals surface area contributed by atoms with E-state index in [2.05, 4.69) is 13.8 Å². The number of likely N-dealkylation sites (tertiary alicyclic amines) is 1. The second-order valence-corrected chi connectivity index (χ2v) is 5.44. The van der Waals surface area contributed by atoms with Gasteiger partial charge in [-0.25, -0.2) is 0 Å². The molecule has 0 saturated carbocycles. The fourth-order valence-electron chi connectivity index (χ4n) is 2.70. The first kappa shape index (κ1) is 16.0. The molecule has 0 radical (unpaired) electrons. The molecule has 1 unspecified atom stereocenters. The van der Waals surface area contributed by atoms with Crippen LogP contribution in [0, 0.1) is 0 Å². The Hall–Kier alpha value is -1.06. The Balaban J connectivity index is 2.56. The number of carbonyl (C=O) groups is 2. The fourth-order valence-corrected chi connectivity index (χ4v) is 2.70. The molecule has 4 heteroatoms. The van der Waals surface area contributed by atoms with Crippen LogP contribution < -0.4 is 0 Å². The molecule has 0 spiro atoms. The highest BCUT2D eigenvalue weighted by Gasteiger charge is 2.26. The van der Waals surface area contributed by atoms with E-state index in [9.17, 15) is 9.59 Å². The Morgan fingerprint density at radius 3 is 2.58 bits per heavy atom. The highest BCUT2D eigenvalue weighted by atomic mass is 16.2.